The van der Waals surface area contributed by atoms with Gasteiger partial charge in [-0.15, -0.1) is 0 Å². The SMILES string of the molecule is CC(C)c1cccc(C(C)C)c1CC(=O)CS(=O)(=O)c1ccn(C(C)C)n1. The molecule has 0 unspecified atom stereocenters. The van der Waals surface area contributed by atoms with E-state index in [0.29, 0.717) is 0 Å². The van der Waals surface area contributed by atoms with Crippen molar-refractivity contribution in [2.75, 3.05) is 5.75 Å². The van der Waals surface area contributed by atoms with Crippen molar-refractivity contribution in [1.29, 1.82) is 0 Å². The molecular formula is C21H30N2O3S. The highest BCUT2D eigenvalue weighted by atomic mass is 32.2. The molecule has 1 aromatic carbocycles. The Hall–Kier alpha value is -1.95. The van der Waals surface area contributed by atoms with E-state index in [1.807, 2.05) is 32.0 Å². The lowest BCUT2D eigenvalue weighted by molar-refractivity contribution is -0.116. The molecule has 0 aliphatic carbocycles. The molecule has 0 aliphatic rings. The molecule has 0 bridgehead atoms. The topological polar surface area (TPSA) is 69.0 Å². The van der Waals surface area contributed by atoms with Crippen molar-refractivity contribution in [1.82, 2.24) is 9.78 Å². The smallest absolute Gasteiger partial charge is 0.204 e. The highest BCUT2D eigenvalue weighted by Gasteiger charge is 2.24. The van der Waals surface area contributed by atoms with Crippen molar-refractivity contribution in [3.05, 3.63) is 47.2 Å². The molecule has 5 nitrogen and oxygen atoms in total. The first kappa shape index (κ1) is 21.4. The van der Waals surface area contributed by atoms with Crippen LogP contribution in [0.5, 0.6) is 0 Å². The van der Waals surface area contributed by atoms with Gasteiger partial charge in [-0.25, -0.2) is 8.42 Å². The van der Waals surface area contributed by atoms with Crippen molar-refractivity contribution >= 4 is 15.6 Å². The van der Waals surface area contributed by atoms with Crippen LogP contribution in [0.1, 0.15) is 76.1 Å². The molecule has 2 aromatic rings. The van der Waals surface area contributed by atoms with E-state index >= 15 is 0 Å². The summed E-state index contributed by atoms with van der Waals surface area (Å²) >= 11 is 0. The third-order valence-electron chi connectivity index (χ3n) is 4.65. The van der Waals surface area contributed by atoms with Crippen molar-refractivity contribution in [3.63, 3.8) is 0 Å². The number of nitrogens with zero attached hydrogens (tertiary/aromatic N) is 2. The Labute approximate surface area is 162 Å². The van der Waals surface area contributed by atoms with E-state index in [2.05, 4.69) is 32.8 Å². The van der Waals surface area contributed by atoms with E-state index < -0.39 is 15.6 Å². The van der Waals surface area contributed by atoms with Gasteiger partial charge in [0.1, 0.15) is 5.75 Å². The van der Waals surface area contributed by atoms with E-state index in [1.165, 1.54) is 6.07 Å². The first-order chi connectivity index (χ1) is 12.5. The second kappa shape index (κ2) is 8.38. The Kier molecular flexibility index (Phi) is 6.63. The van der Waals surface area contributed by atoms with Gasteiger partial charge in [-0.1, -0.05) is 45.9 Å². The number of rotatable bonds is 8. The van der Waals surface area contributed by atoms with Crippen LogP contribution in [0, 0.1) is 0 Å². The number of sulfone groups is 1. The van der Waals surface area contributed by atoms with Crippen LogP contribution in [0.25, 0.3) is 0 Å². The summed E-state index contributed by atoms with van der Waals surface area (Å²) in [5, 5.41) is 4.07. The van der Waals surface area contributed by atoms with Gasteiger partial charge in [0.2, 0.25) is 9.84 Å². The minimum Gasteiger partial charge on any atom is -0.298 e. The number of hydrogen-bond donors (Lipinski definition) is 0. The van der Waals surface area contributed by atoms with Crippen molar-refractivity contribution < 1.29 is 13.2 Å². The van der Waals surface area contributed by atoms with Gasteiger partial charge in [0.05, 0.1) is 0 Å². The van der Waals surface area contributed by atoms with Gasteiger partial charge >= 0.3 is 0 Å². The van der Waals surface area contributed by atoms with Crippen molar-refractivity contribution in [2.45, 2.75) is 70.9 Å². The number of hydrogen-bond acceptors (Lipinski definition) is 4. The molecule has 0 aliphatic heterocycles. The number of carbonyl (C=O) groups excluding carboxylic acids is 1. The van der Waals surface area contributed by atoms with E-state index in [0.717, 1.165) is 16.7 Å². The monoisotopic (exact) mass is 390 g/mol. The van der Waals surface area contributed by atoms with Crippen LogP contribution in [0.3, 0.4) is 0 Å². The van der Waals surface area contributed by atoms with Crippen LogP contribution in [-0.2, 0) is 21.1 Å². The Morgan fingerprint density at radius 1 is 1.00 bits per heavy atom. The molecule has 0 radical (unpaired) electrons. The van der Waals surface area contributed by atoms with Crippen molar-refractivity contribution in [3.8, 4) is 0 Å². The van der Waals surface area contributed by atoms with E-state index in [9.17, 15) is 13.2 Å². The largest absolute Gasteiger partial charge is 0.298 e. The van der Waals surface area contributed by atoms with Gasteiger partial charge in [-0.2, -0.15) is 5.10 Å². The predicted molar refractivity (Wildman–Crippen MR) is 108 cm³/mol. The minimum atomic E-state index is -3.74. The Bertz CT molecular complexity index is 883. The summed E-state index contributed by atoms with van der Waals surface area (Å²) < 4.78 is 26.8. The number of ketones is 1. The number of benzene rings is 1. The lowest BCUT2D eigenvalue weighted by Gasteiger charge is -2.19. The second-order valence-corrected chi connectivity index (χ2v) is 9.86. The highest BCUT2D eigenvalue weighted by molar-refractivity contribution is 7.92. The fourth-order valence-electron chi connectivity index (χ4n) is 3.22. The maximum atomic E-state index is 12.7. The number of carbonyl (C=O) groups is 1. The van der Waals surface area contributed by atoms with Gasteiger partial charge in [0, 0.05) is 18.7 Å². The zero-order chi connectivity index (χ0) is 20.4. The predicted octanol–water partition coefficient (Wildman–Crippen LogP) is 4.30. The quantitative estimate of drug-likeness (QED) is 0.674. The normalized spacial score (nSPS) is 12.3. The second-order valence-electron chi connectivity index (χ2n) is 7.93. The van der Waals surface area contributed by atoms with E-state index in [4.69, 9.17) is 0 Å². The number of aromatic nitrogens is 2. The lowest BCUT2D eigenvalue weighted by atomic mass is 9.86. The van der Waals surface area contributed by atoms with Gasteiger partial charge in [0.15, 0.2) is 10.8 Å². The Balaban J connectivity index is 2.27. The first-order valence-electron chi connectivity index (χ1n) is 9.44. The molecule has 0 fully saturated rings. The summed E-state index contributed by atoms with van der Waals surface area (Å²) in [5.41, 5.74) is 3.18. The van der Waals surface area contributed by atoms with Gasteiger partial charge in [-0.05, 0) is 48.4 Å². The molecule has 27 heavy (non-hydrogen) atoms. The van der Waals surface area contributed by atoms with Crippen LogP contribution in [0.15, 0.2) is 35.5 Å². The fraction of sp³-hybridized carbons (Fsp3) is 0.524. The van der Waals surface area contributed by atoms with Crippen LogP contribution in [0.4, 0.5) is 0 Å². The highest BCUT2D eigenvalue weighted by Crippen LogP contribution is 2.28. The average Bonchev–Trinajstić information content (AvgIpc) is 3.05. The van der Waals surface area contributed by atoms with E-state index in [1.54, 1.807) is 10.9 Å². The molecule has 0 atom stereocenters. The maximum absolute atomic E-state index is 12.7. The lowest BCUT2D eigenvalue weighted by Crippen LogP contribution is -2.20. The minimum absolute atomic E-state index is 0.0363. The molecule has 0 N–H and O–H groups in total. The maximum Gasteiger partial charge on any atom is 0.204 e. The van der Waals surface area contributed by atoms with Crippen LogP contribution >= 0.6 is 0 Å². The summed E-state index contributed by atoms with van der Waals surface area (Å²) in [7, 11) is -3.74. The summed E-state index contributed by atoms with van der Waals surface area (Å²) in [4.78, 5) is 12.7. The zero-order valence-electron chi connectivity index (χ0n) is 17.1. The zero-order valence-corrected chi connectivity index (χ0v) is 17.9. The molecule has 0 saturated heterocycles. The van der Waals surface area contributed by atoms with Crippen molar-refractivity contribution in [2.24, 2.45) is 0 Å². The molecule has 1 aromatic heterocycles. The molecule has 2 rings (SSSR count). The first-order valence-corrected chi connectivity index (χ1v) is 11.1. The summed E-state index contributed by atoms with van der Waals surface area (Å²) in [6.45, 7) is 12.2. The molecule has 0 spiro atoms. The molecule has 0 saturated carbocycles. The molecule has 6 heteroatoms. The third kappa shape index (κ3) is 5.06. The van der Waals surface area contributed by atoms with Gasteiger partial charge < -0.3 is 0 Å². The molecule has 0 amide bonds. The summed E-state index contributed by atoms with van der Waals surface area (Å²) in [5.74, 6) is -0.287. The van der Waals surface area contributed by atoms with Crippen LogP contribution < -0.4 is 0 Å². The van der Waals surface area contributed by atoms with Crippen LogP contribution in [-0.4, -0.2) is 29.7 Å². The molecular weight excluding hydrogens is 360 g/mol. The standard InChI is InChI=1S/C21H30N2O3S/c1-14(2)18-8-7-9-19(15(3)4)20(18)12-17(24)13-27(25,26)21-10-11-23(22-21)16(5)6/h7-11,14-16H,12-13H2,1-6H3. The average molecular weight is 391 g/mol. The fourth-order valence-corrected chi connectivity index (χ4v) is 4.38. The third-order valence-corrected chi connectivity index (χ3v) is 6.21. The Morgan fingerprint density at radius 2 is 1.56 bits per heavy atom. The van der Waals surface area contributed by atoms with E-state index in [-0.39, 0.29) is 35.1 Å². The number of Topliss-reactive ketones (excluding diaryl/α,β-unsaturated/α-hetero) is 1. The Morgan fingerprint density at radius 3 is 2.00 bits per heavy atom. The summed E-state index contributed by atoms with van der Waals surface area (Å²) in [6.07, 6.45) is 1.76. The molecule has 1 heterocycles. The van der Waals surface area contributed by atoms with Gasteiger partial charge in [0.25, 0.3) is 0 Å². The molecule has 148 valence electrons. The van der Waals surface area contributed by atoms with Gasteiger partial charge in [-0.3, -0.25) is 9.48 Å². The van der Waals surface area contributed by atoms with Crippen LogP contribution in [0.2, 0.25) is 0 Å². The summed E-state index contributed by atoms with van der Waals surface area (Å²) in [6, 6.07) is 7.59.